The zero-order valence-corrected chi connectivity index (χ0v) is 15.5. The summed E-state index contributed by atoms with van der Waals surface area (Å²) in [5, 5.41) is 2.85. The molecule has 0 aliphatic carbocycles. The quantitative estimate of drug-likeness (QED) is 0.386. The Labute approximate surface area is 145 Å². The first kappa shape index (κ1) is 22.4. The lowest BCUT2D eigenvalue weighted by Gasteiger charge is -2.27. The molecule has 0 aromatic carbocycles. The van der Waals surface area contributed by atoms with Gasteiger partial charge in [0.15, 0.2) is 0 Å². The van der Waals surface area contributed by atoms with Gasteiger partial charge in [0.25, 0.3) is 0 Å². The molecule has 140 valence electrons. The second-order valence-electron chi connectivity index (χ2n) is 6.24. The summed E-state index contributed by atoms with van der Waals surface area (Å²) in [6.45, 7) is 4.20. The summed E-state index contributed by atoms with van der Waals surface area (Å²) in [6.07, 6.45) is 5.83. The Hall–Kier alpha value is -1.63. The van der Waals surface area contributed by atoms with Crippen molar-refractivity contribution in [3.8, 4) is 0 Å². The average Bonchev–Trinajstić information content (AvgIpc) is 2.52. The highest BCUT2D eigenvalue weighted by Crippen LogP contribution is 2.06. The molecule has 0 aromatic heterocycles. The number of hydrogen-bond acceptors (Lipinski definition) is 5. The molecule has 2 amide bonds. The Morgan fingerprint density at radius 2 is 1.79 bits per heavy atom. The first-order valence-corrected chi connectivity index (χ1v) is 8.67. The molecule has 0 rings (SSSR count). The molecule has 0 unspecified atom stereocenters. The number of nitrogens with one attached hydrogen (secondary N) is 1. The van der Waals surface area contributed by atoms with E-state index in [4.69, 9.17) is 10.5 Å². The predicted octanol–water partition coefficient (Wildman–Crippen LogP) is 1.20. The second-order valence-corrected chi connectivity index (χ2v) is 6.24. The molecule has 3 N–H and O–H groups in total. The first-order valence-electron chi connectivity index (χ1n) is 8.67. The number of unbranched alkanes of at least 4 members (excludes halogenated alkanes) is 4. The number of hydrogen-bond donors (Lipinski definition) is 2. The van der Waals surface area contributed by atoms with Gasteiger partial charge in [0.05, 0.1) is 13.2 Å². The van der Waals surface area contributed by atoms with Crippen LogP contribution in [0.5, 0.6) is 0 Å². The van der Waals surface area contributed by atoms with Crippen LogP contribution < -0.4 is 11.1 Å². The van der Waals surface area contributed by atoms with Crippen LogP contribution in [0.2, 0.25) is 0 Å². The van der Waals surface area contributed by atoms with Crippen molar-refractivity contribution in [3.63, 3.8) is 0 Å². The third-order valence-corrected chi connectivity index (χ3v) is 4.03. The molecular formula is C17H33N3O4. The molecule has 0 bridgehead atoms. The van der Waals surface area contributed by atoms with Crippen molar-refractivity contribution >= 4 is 17.8 Å². The van der Waals surface area contributed by atoms with Crippen molar-refractivity contribution in [1.29, 1.82) is 0 Å². The third kappa shape index (κ3) is 10.2. The van der Waals surface area contributed by atoms with Gasteiger partial charge in [-0.25, -0.2) is 0 Å². The smallest absolute Gasteiger partial charge is 0.322 e. The zero-order chi connectivity index (χ0) is 18.5. The lowest BCUT2D eigenvalue weighted by atomic mass is 10.1. The molecule has 0 aliphatic rings. The van der Waals surface area contributed by atoms with Crippen LogP contribution in [-0.4, -0.2) is 55.5 Å². The molecule has 0 radical (unpaired) electrons. The second kappa shape index (κ2) is 12.8. The van der Waals surface area contributed by atoms with Crippen molar-refractivity contribution in [2.24, 2.45) is 5.73 Å². The minimum atomic E-state index is -0.484. The standard InChI is InChI=1S/C17H33N3O4/c1-5-6-7-8-9-10-16(22)19-14(11-15(18)21)12-20(3)13(2)17(23)24-4/h13-14H,5-12H2,1-4H3,(H2,18,21)(H,19,22)/t13-,14-/m0/s1. The maximum atomic E-state index is 12.0. The van der Waals surface area contributed by atoms with Crippen LogP contribution in [0.1, 0.15) is 58.8 Å². The number of nitrogens with zero attached hydrogens (tertiary/aromatic N) is 1. The average molecular weight is 343 g/mol. The summed E-state index contributed by atoms with van der Waals surface area (Å²) >= 11 is 0. The number of rotatable bonds is 13. The zero-order valence-electron chi connectivity index (χ0n) is 15.5. The molecule has 0 aromatic rings. The van der Waals surface area contributed by atoms with Crippen LogP contribution in [-0.2, 0) is 19.1 Å². The van der Waals surface area contributed by atoms with Crippen LogP contribution in [0.3, 0.4) is 0 Å². The van der Waals surface area contributed by atoms with E-state index in [-0.39, 0.29) is 18.3 Å². The van der Waals surface area contributed by atoms with Crippen LogP contribution in [0.15, 0.2) is 0 Å². The van der Waals surface area contributed by atoms with Crippen LogP contribution >= 0.6 is 0 Å². The summed E-state index contributed by atoms with van der Waals surface area (Å²) in [5.74, 6) is -0.934. The molecule has 0 heterocycles. The number of ether oxygens (including phenoxy) is 1. The third-order valence-electron chi connectivity index (χ3n) is 4.03. The number of nitrogens with two attached hydrogens (primary N) is 1. The molecule has 7 heteroatoms. The van der Waals surface area contributed by atoms with Crippen LogP contribution in [0.25, 0.3) is 0 Å². The highest BCUT2D eigenvalue weighted by molar-refractivity contribution is 5.79. The molecule has 7 nitrogen and oxygen atoms in total. The molecule has 24 heavy (non-hydrogen) atoms. The van der Waals surface area contributed by atoms with Gasteiger partial charge in [-0.2, -0.15) is 0 Å². The number of carbonyl (C=O) groups is 3. The topological polar surface area (TPSA) is 102 Å². The minimum absolute atomic E-state index is 0.0415. The highest BCUT2D eigenvalue weighted by atomic mass is 16.5. The fraction of sp³-hybridized carbons (Fsp3) is 0.824. The van der Waals surface area contributed by atoms with E-state index < -0.39 is 18.0 Å². The molecule has 0 saturated heterocycles. The van der Waals surface area contributed by atoms with Gasteiger partial charge in [0, 0.05) is 19.4 Å². The van der Waals surface area contributed by atoms with Crippen molar-refractivity contribution in [2.75, 3.05) is 20.7 Å². The molecule has 0 fully saturated rings. The number of methoxy groups -OCH3 is 1. The van der Waals surface area contributed by atoms with Gasteiger partial charge < -0.3 is 15.8 Å². The van der Waals surface area contributed by atoms with Gasteiger partial charge in [0.2, 0.25) is 11.8 Å². The van der Waals surface area contributed by atoms with Gasteiger partial charge in [-0.3, -0.25) is 19.3 Å². The van der Waals surface area contributed by atoms with E-state index in [0.29, 0.717) is 13.0 Å². The summed E-state index contributed by atoms with van der Waals surface area (Å²) in [4.78, 5) is 36.6. The molecular weight excluding hydrogens is 310 g/mol. The first-order chi connectivity index (χ1) is 11.3. The molecule has 2 atom stereocenters. The van der Waals surface area contributed by atoms with Gasteiger partial charge in [-0.1, -0.05) is 32.6 Å². The number of esters is 1. The Balaban J connectivity index is 4.42. The minimum Gasteiger partial charge on any atom is -0.468 e. The Bertz CT molecular complexity index is 401. The van der Waals surface area contributed by atoms with E-state index in [0.717, 1.165) is 25.7 Å². The van der Waals surface area contributed by atoms with E-state index >= 15 is 0 Å². The van der Waals surface area contributed by atoms with E-state index in [1.165, 1.54) is 13.5 Å². The fourth-order valence-corrected chi connectivity index (χ4v) is 2.45. The normalized spacial score (nSPS) is 13.4. The van der Waals surface area contributed by atoms with E-state index in [9.17, 15) is 14.4 Å². The summed E-state index contributed by atoms with van der Waals surface area (Å²) < 4.78 is 4.70. The lowest BCUT2D eigenvalue weighted by Crippen LogP contribution is -2.48. The molecule has 0 spiro atoms. The van der Waals surface area contributed by atoms with Gasteiger partial charge >= 0.3 is 5.97 Å². The maximum absolute atomic E-state index is 12.0. The van der Waals surface area contributed by atoms with Gasteiger partial charge in [-0.05, 0) is 20.4 Å². The van der Waals surface area contributed by atoms with E-state index in [1.807, 2.05) is 0 Å². The van der Waals surface area contributed by atoms with Gasteiger partial charge in [0.1, 0.15) is 6.04 Å². The van der Waals surface area contributed by atoms with Gasteiger partial charge in [-0.15, -0.1) is 0 Å². The summed E-state index contributed by atoms with van der Waals surface area (Å²) in [5.41, 5.74) is 5.26. The van der Waals surface area contributed by atoms with E-state index in [1.54, 1.807) is 18.9 Å². The highest BCUT2D eigenvalue weighted by Gasteiger charge is 2.23. The SMILES string of the molecule is CCCCCCCC(=O)N[C@@H](CC(N)=O)CN(C)[C@@H](C)C(=O)OC. The Kier molecular flexibility index (Phi) is 11.9. The van der Waals surface area contributed by atoms with Crippen LogP contribution in [0, 0.1) is 0 Å². The van der Waals surface area contributed by atoms with Crippen molar-refractivity contribution in [3.05, 3.63) is 0 Å². The molecule has 0 aliphatic heterocycles. The number of likely N-dealkylation sites (N-methyl/N-ethyl adjacent to an activating group) is 1. The Morgan fingerprint density at radius 3 is 2.33 bits per heavy atom. The summed E-state index contributed by atoms with van der Waals surface area (Å²) in [6, 6.07) is -0.876. The Morgan fingerprint density at radius 1 is 1.17 bits per heavy atom. The van der Waals surface area contributed by atoms with Crippen molar-refractivity contribution < 1.29 is 19.1 Å². The summed E-state index contributed by atoms with van der Waals surface area (Å²) in [7, 11) is 3.07. The van der Waals surface area contributed by atoms with Crippen molar-refractivity contribution in [1.82, 2.24) is 10.2 Å². The number of carbonyl (C=O) groups excluding carboxylic acids is 3. The number of primary amides is 1. The predicted molar refractivity (Wildman–Crippen MR) is 93.2 cm³/mol. The van der Waals surface area contributed by atoms with Crippen molar-refractivity contribution in [2.45, 2.75) is 70.9 Å². The maximum Gasteiger partial charge on any atom is 0.322 e. The lowest BCUT2D eigenvalue weighted by molar-refractivity contribution is -0.145. The fourth-order valence-electron chi connectivity index (χ4n) is 2.45. The van der Waals surface area contributed by atoms with Crippen LogP contribution in [0.4, 0.5) is 0 Å². The van der Waals surface area contributed by atoms with E-state index in [2.05, 4.69) is 12.2 Å². The largest absolute Gasteiger partial charge is 0.468 e. The number of amides is 2. The molecule has 0 saturated carbocycles. The monoisotopic (exact) mass is 343 g/mol.